The second-order valence-corrected chi connectivity index (χ2v) is 6.07. The maximum Gasteiger partial charge on any atom is 0.407 e. The molecule has 0 aliphatic carbocycles. The molecule has 1 aromatic rings. The second-order valence-electron chi connectivity index (χ2n) is 6.07. The molecule has 0 atom stereocenters. The molecular weight excluding hydrogens is 310 g/mol. The van der Waals surface area contributed by atoms with Crippen molar-refractivity contribution in [3.05, 3.63) is 35.4 Å². The van der Waals surface area contributed by atoms with Crippen molar-refractivity contribution in [3.63, 3.8) is 0 Å². The number of benzene rings is 1. The van der Waals surface area contributed by atoms with E-state index in [1.807, 2.05) is 32.9 Å². The van der Waals surface area contributed by atoms with Crippen LogP contribution in [-0.4, -0.2) is 38.4 Å². The zero-order valence-electron chi connectivity index (χ0n) is 14.8. The SMILES string of the molecule is COC(=O)c1ccc(C=CCCNC(=O)OC(C)(C)C)c(OC)c1. The zero-order valence-corrected chi connectivity index (χ0v) is 14.8. The van der Waals surface area contributed by atoms with Crippen LogP contribution in [-0.2, 0) is 9.47 Å². The van der Waals surface area contributed by atoms with Crippen LogP contribution >= 0.6 is 0 Å². The highest BCUT2D eigenvalue weighted by atomic mass is 16.6. The van der Waals surface area contributed by atoms with Gasteiger partial charge in [0.15, 0.2) is 0 Å². The lowest BCUT2D eigenvalue weighted by molar-refractivity contribution is 0.0527. The Hall–Kier alpha value is -2.50. The van der Waals surface area contributed by atoms with Crippen LogP contribution in [0.2, 0.25) is 0 Å². The quantitative estimate of drug-likeness (QED) is 0.637. The fourth-order valence-corrected chi connectivity index (χ4v) is 1.88. The van der Waals surface area contributed by atoms with E-state index in [4.69, 9.17) is 9.47 Å². The summed E-state index contributed by atoms with van der Waals surface area (Å²) in [5.41, 5.74) is 0.759. The first-order valence-corrected chi connectivity index (χ1v) is 7.66. The van der Waals surface area contributed by atoms with Crippen LogP contribution in [0.15, 0.2) is 24.3 Å². The van der Waals surface area contributed by atoms with Gasteiger partial charge in [-0.2, -0.15) is 0 Å². The van der Waals surface area contributed by atoms with Crippen molar-refractivity contribution in [1.82, 2.24) is 5.32 Å². The first kappa shape index (κ1) is 19.5. The summed E-state index contributed by atoms with van der Waals surface area (Å²) in [7, 11) is 2.87. The third-order valence-corrected chi connectivity index (χ3v) is 2.93. The summed E-state index contributed by atoms with van der Waals surface area (Å²) in [4.78, 5) is 23.0. The average molecular weight is 335 g/mol. The van der Waals surface area contributed by atoms with E-state index < -0.39 is 17.7 Å². The summed E-state index contributed by atoms with van der Waals surface area (Å²) in [5.74, 6) is 0.166. The van der Waals surface area contributed by atoms with Gasteiger partial charge in [-0.25, -0.2) is 9.59 Å². The van der Waals surface area contributed by atoms with Gasteiger partial charge < -0.3 is 19.5 Å². The molecule has 1 rings (SSSR count). The zero-order chi connectivity index (χ0) is 18.2. The van der Waals surface area contributed by atoms with Crippen molar-refractivity contribution < 1.29 is 23.8 Å². The van der Waals surface area contributed by atoms with Crippen LogP contribution in [0.4, 0.5) is 4.79 Å². The summed E-state index contributed by atoms with van der Waals surface area (Å²) in [5, 5.41) is 2.68. The second kappa shape index (κ2) is 8.96. The molecule has 1 N–H and O–H groups in total. The number of hydrogen-bond acceptors (Lipinski definition) is 5. The van der Waals surface area contributed by atoms with Gasteiger partial charge in [-0.3, -0.25) is 0 Å². The first-order valence-electron chi connectivity index (χ1n) is 7.66. The van der Waals surface area contributed by atoms with E-state index in [2.05, 4.69) is 10.1 Å². The largest absolute Gasteiger partial charge is 0.496 e. The smallest absolute Gasteiger partial charge is 0.407 e. The van der Waals surface area contributed by atoms with Crippen LogP contribution in [0.3, 0.4) is 0 Å². The number of carbonyl (C=O) groups is 2. The Morgan fingerprint density at radius 3 is 2.50 bits per heavy atom. The third-order valence-electron chi connectivity index (χ3n) is 2.93. The van der Waals surface area contributed by atoms with E-state index in [9.17, 15) is 9.59 Å². The van der Waals surface area contributed by atoms with Crippen LogP contribution in [0.25, 0.3) is 6.08 Å². The molecule has 0 aromatic heterocycles. The van der Waals surface area contributed by atoms with E-state index in [-0.39, 0.29) is 0 Å². The topological polar surface area (TPSA) is 73.9 Å². The minimum absolute atomic E-state index is 0.412. The molecule has 0 saturated heterocycles. The molecule has 0 heterocycles. The molecule has 132 valence electrons. The minimum Gasteiger partial charge on any atom is -0.496 e. The lowest BCUT2D eigenvalue weighted by Crippen LogP contribution is -2.32. The maximum absolute atomic E-state index is 11.5. The molecule has 1 aromatic carbocycles. The van der Waals surface area contributed by atoms with E-state index in [0.29, 0.717) is 24.3 Å². The highest BCUT2D eigenvalue weighted by molar-refractivity contribution is 5.90. The van der Waals surface area contributed by atoms with Crippen molar-refractivity contribution >= 4 is 18.1 Å². The number of nitrogens with one attached hydrogen (secondary N) is 1. The third kappa shape index (κ3) is 6.73. The van der Waals surface area contributed by atoms with E-state index >= 15 is 0 Å². The molecule has 6 heteroatoms. The van der Waals surface area contributed by atoms with Gasteiger partial charge in [0.25, 0.3) is 0 Å². The van der Waals surface area contributed by atoms with Gasteiger partial charge in [0.05, 0.1) is 19.8 Å². The lowest BCUT2D eigenvalue weighted by Gasteiger charge is -2.19. The number of methoxy groups -OCH3 is 2. The Bertz CT molecular complexity index is 602. The molecule has 0 unspecified atom stereocenters. The molecule has 6 nitrogen and oxygen atoms in total. The standard InChI is InChI=1S/C18H25NO5/c1-18(2,3)24-17(21)19-11-7-6-8-13-9-10-14(16(20)23-5)12-15(13)22-4/h6,8-10,12H,7,11H2,1-5H3,(H,19,21). The lowest BCUT2D eigenvalue weighted by atomic mass is 10.1. The van der Waals surface area contributed by atoms with Gasteiger partial charge in [0.2, 0.25) is 0 Å². The number of hydrogen-bond donors (Lipinski definition) is 1. The van der Waals surface area contributed by atoms with E-state index in [0.717, 1.165) is 5.56 Å². The van der Waals surface area contributed by atoms with Crippen LogP contribution in [0.5, 0.6) is 5.75 Å². The van der Waals surface area contributed by atoms with Gasteiger partial charge in [-0.05, 0) is 39.3 Å². The predicted molar refractivity (Wildman–Crippen MR) is 92.2 cm³/mol. The van der Waals surface area contributed by atoms with Crippen molar-refractivity contribution in [1.29, 1.82) is 0 Å². The van der Waals surface area contributed by atoms with Gasteiger partial charge in [0.1, 0.15) is 11.4 Å². The van der Waals surface area contributed by atoms with Gasteiger partial charge in [-0.1, -0.05) is 18.2 Å². The molecule has 24 heavy (non-hydrogen) atoms. The molecule has 0 radical (unpaired) electrons. The summed E-state index contributed by atoms with van der Waals surface area (Å²) in [6, 6.07) is 5.08. The number of rotatable bonds is 6. The molecule has 0 saturated carbocycles. The number of alkyl carbamates (subject to hydrolysis) is 1. The minimum atomic E-state index is -0.505. The van der Waals surface area contributed by atoms with E-state index in [1.54, 1.807) is 18.2 Å². The summed E-state index contributed by atoms with van der Waals surface area (Å²) in [6.45, 7) is 5.91. The van der Waals surface area contributed by atoms with Crippen molar-refractivity contribution in [2.24, 2.45) is 0 Å². The van der Waals surface area contributed by atoms with Crippen LogP contribution < -0.4 is 10.1 Å². The molecule has 0 aliphatic rings. The van der Waals surface area contributed by atoms with Gasteiger partial charge >= 0.3 is 12.1 Å². The van der Waals surface area contributed by atoms with Crippen molar-refractivity contribution in [2.45, 2.75) is 32.8 Å². The van der Waals surface area contributed by atoms with Crippen LogP contribution in [0, 0.1) is 0 Å². The van der Waals surface area contributed by atoms with Gasteiger partial charge in [-0.15, -0.1) is 0 Å². The number of amides is 1. The fraction of sp³-hybridized carbons (Fsp3) is 0.444. The molecule has 0 aliphatic heterocycles. The first-order chi connectivity index (χ1) is 11.3. The highest BCUT2D eigenvalue weighted by Crippen LogP contribution is 2.22. The molecule has 1 amide bonds. The predicted octanol–water partition coefficient (Wildman–Crippen LogP) is 3.41. The van der Waals surface area contributed by atoms with Crippen molar-refractivity contribution in [2.75, 3.05) is 20.8 Å². The summed E-state index contributed by atoms with van der Waals surface area (Å²) in [6.07, 6.45) is 3.99. The van der Waals surface area contributed by atoms with E-state index in [1.165, 1.54) is 14.2 Å². The fourth-order valence-electron chi connectivity index (χ4n) is 1.88. The molecular formula is C18H25NO5. The summed E-state index contributed by atoms with van der Waals surface area (Å²) >= 11 is 0. The number of carbonyl (C=O) groups excluding carboxylic acids is 2. The Morgan fingerprint density at radius 2 is 1.92 bits per heavy atom. The number of ether oxygens (including phenoxy) is 3. The maximum atomic E-state index is 11.5. The molecule has 0 fully saturated rings. The summed E-state index contributed by atoms with van der Waals surface area (Å²) < 4.78 is 15.1. The Balaban J connectivity index is 2.55. The average Bonchev–Trinajstić information content (AvgIpc) is 2.52. The molecule has 0 bridgehead atoms. The normalized spacial score (nSPS) is 11.2. The van der Waals surface area contributed by atoms with Crippen molar-refractivity contribution in [3.8, 4) is 5.75 Å². The van der Waals surface area contributed by atoms with Gasteiger partial charge in [0, 0.05) is 12.1 Å². The Kier molecular flexibility index (Phi) is 7.30. The Labute approximate surface area is 142 Å². The highest BCUT2D eigenvalue weighted by Gasteiger charge is 2.15. The van der Waals surface area contributed by atoms with Crippen LogP contribution in [0.1, 0.15) is 43.1 Å². The Morgan fingerprint density at radius 1 is 1.21 bits per heavy atom. The molecule has 0 spiro atoms. The monoisotopic (exact) mass is 335 g/mol. The number of esters is 1.